The molecule has 5 heteroatoms. The molecule has 1 heterocycles. The zero-order valence-electron chi connectivity index (χ0n) is 11.2. The van der Waals surface area contributed by atoms with Crippen molar-refractivity contribution in [3.8, 4) is 0 Å². The molecule has 1 aromatic carbocycles. The predicted octanol–water partition coefficient (Wildman–Crippen LogP) is 2.99. The molecular weight excluding hydrogens is 282 g/mol. The summed E-state index contributed by atoms with van der Waals surface area (Å²) in [6, 6.07) is 7.47. The van der Waals surface area contributed by atoms with Crippen molar-refractivity contribution in [1.82, 2.24) is 4.31 Å². The van der Waals surface area contributed by atoms with E-state index in [-0.39, 0.29) is 5.75 Å². The number of rotatable bonds is 5. The zero-order valence-corrected chi connectivity index (χ0v) is 12.8. The summed E-state index contributed by atoms with van der Waals surface area (Å²) in [5, 5.41) is 0. The van der Waals surface area contributed by atoms with Crippen molar-refractivity contribution in [3.05, 3.63) is 35.4 Å². The molecule has 1 aromatic rings. The highest BCUT2D eigenvalue weighted by Gasteiger charge is 2.30. The van der Waals surface area contributed by atoms with Crippen LogP contribution in [0.1, 0.15) is 30.9 Å². The van der Waals surface area contributed by atoms with E-state index in [9.17, 15) is 8.42 Å². The molecule has 1 fully saturated rings. The highest BCUT2D eigenvalue weighted by atomic mass is 35.5. The third-order valence-corrected chi connectivity index (χ3v) is 5.87. The lowest BCUT2D eigenvalue weighted by molar-refractivity contribution is 0.452. The first-order valence-corrected chi connectivity index (χ1v) is 8.81. The van der Waals surface area contributed by atoms with Crippen molar-refractivity contribution in [3.63, 3.8) is 0 Å². The SMILES string of the molecule is CCC1CCN(S(=O)(=O)Cc2ccc(CCl)cc2)C1. The summed E-state index contributed by atoms with van der Waals surface area (Å²) >= 11 is 5.72. The summed E-state index contributed by atoms with van der Waals surface area (Å²) in [5.41, 5.74) is 1.84. The average Bonchev–Trinajstić information content (AvgIpc) is 2.89. The van der Waals surface area contributed by atoms with Crippen LogP contribution in [0.3, 0.4) is 0 Å². The maximum Gasteiger partial charge on any atom is 0.218 e. The molecule has 1 saturated heterocycles. The predicted molar refractivity (Wildman–Crippen MR) is 78.6 cm³/mol. The molecule has 0 aliphatic carbocycles. The molecule has 1 aliphatic heterocycles. The Morgan fingerprint density at radius 3 is 2.42 bits per heavy atom. The quantitative estimate of drug-likeness (QED) is 0.784. The van der Waals surface area contributed by atoms with E-state index in [0.29, 0.717) is 24.9 Å². The summed E-state index contributed by atoms with van der Waals surface area (Å²) in [4.78, 5) is 0. The minimum Gasteiger partial charge on any atom is -0.212 e. The monoisotopic (exact) mass is 301 g/mol. The Morgan fingerprint density at radius 1 is 1.26 bits per heavy atom. The van der Waals surface area contributed by atoms with Crippen LogP contribution in [0.5, 0.6) is 0 Å². The Kier molecular flexibility index (Phi) is 4.87. The van der Waals surface area contributed by atoms with Crippen LogP contribution in [0.25, 0.3) is 0 Å². The summed E-state index contributed by atoms with van der Waals surface area (Å²) in [7, 11) is -3.18. The van der Waals surface area contributed by atoms with Crippen LogP contribution in [0.4, 0.5) is 0 Å². The highest BCUT2D eigenvalue weighted by Crippen LogP contribution is 2.23. The summed E-state index contributed by atoms with van der Waals surface area (Å²) in [6.07, 6.45) is 2.04. The Morgan fingerprint density at radius 2 is 1.89 bits per heavy atom. The maximum absolute atomic E-state index is 12.3. The third kappa shape index (κ3) is 3.71. The largest absolute Gasteiger partial charge is 0.218 e. The summed E-state index contributed by atoms with van der Waals surface area (Å²) in [6.45, 7) is 3.46. The molecule has 0 aromatic heterocycles. The van der Waals surface area contributed by atoms with Gasteiger partial charge in [0, 0.05) is 19.0 Å². The van der Waals surface area contributed by atoms with Gasteiger partial charge in [-0.05, 0) is 23.5 Å². The molecule has 1 atom stereocenters. The fourth-order valence-corrected chi connectivity index (χ4v) is 4.21. The van der Waals surface area contributed by atoms with Crippen molar-refractivity contribution in [2.75, 3.05) is 13.1 Å². The second-order valence-corrected chi connectivity index (χ2v) is 7.36. The average molecular weight is 302 g/mol. The molecule has 0 N–H and O–H groups in total. The molecule has 0 spiro atoms. The van der Waals surface area contributed by atoms with Crippen molar-refractivity contribution >= 4 is 21.6 Å². The molecule has 2 rings (SSSR count). The van der Waals surface area contributed by atoms with E-state index in [1.54, 1.807) is 4.31 Å². The second kappa shape index (κ2) is 6.25. The molecule has 3 nitrogen and oxygen atoms in total. The first-order valence-electron chi connectivity index (χ1n) is 6.66. The van der Waals surface area contributed by atoms with Gasteiger partial charge in [0.05, 0.1) is 5.75 Å². The fraction of sp³-hybridized carbons (Fsp3) is 0.571. The number of hydrogen-bond donors (Lipinski definition) is 0. The molecule has 0 radical (unpaired) electrons. The topological polar surface area (TPSA) is 37.4 Å². The molecule has 0 amide bonds. The Bertz CT molecular complexity index is 513. The van der Waals surface area contributed by atoms with Crippen LogP contribution >= 0.6 is 11.6 Å². The molecule has 19 heavy (non-hydrogen) atoms. The van der Waals surface area contributed by atoms with Crippen LogP contribution in [-0.2, 0) is 21.7 Å². The van der Waals surface area contributed by atoms with Crippen molar-refractivity contribution in [2.24, 2.45) is 5.92 Å². The lowest BCUT2D eigenvalue weighted by Crippen LogP contribution is -2.30. The minimum atomic E-state index is -3.18. The van der Waals surface area contributed by atoms with Crippen LogP contribution in [0, 0.1) is 5.92 Å². The maximum atomic E-state index is 12.3. The van der Waals surface area contributed by atoms with Gasteiger partial charge in [0.1, 0.15) is 0 Å². The highest BCUT2D eigenvalue weighted by molar-refractivity contribution is 7.88. The molecule has 1 unspecified atom stereocenters. The van der Waals surface area contributed by atoms with Crippen molar-refractivity contribution in [1.29, 1.82) is 0 Å². The van der Waals surface area contributed by atoms with E-state index in [0.717, 1.165) is 24.0 Å². The van der Waals surface area contributed by atoms with Crippen LogP contribution in [-0.4, -0.2) is 25.8 Å². The van der Waals surface area contributed by atoms with Crippen molar-refractivity contribution in [2.45, 2.75) is 31.4 Å². The standard InChI is InChI=1S/C14H20ClNO2S/c1-2-12-7-8-16(10-12)19(17,18)11-14-5-3-13(9-15)4-6-14/h3-6,12H,2,7-11H2,1H3. The van der Waals surface area contributed by atoms with Gasteiger partial charge in [-0.25, -0.2) is 12.7 Å². The molecule has 106 valence electrons. The smallest absolute Gasteiger partial charge is 0.212 e. The van der Waals surface area contributed by atoms with Gasteiger partial charge in [-0.3, -0.25) is 0 Å². The van der Waals surface area contributed by atoms with Gasteiger partial charge in [-0.2, -0.15) is 0 Å². The van der Waals surface area contributed by atoms with E-state index < -0.39 is 10.0 Å². The number of hydrogen-bond acceptors (Lipinski definition) is 2. The molecule has 0 saturated carbocycles. The Balaban J connectivity index is 2.04. The lowest BCUT2D eigenvalue weighted by atomic mass is 10.1. The van der Waals surface area contributed by atoms with E-state index in [2.05, 4.69) is 6.92 Å². The lowest BCUT2D eigenvalue weighted by Gasteiger charge is -2.16. The van der Waals surface area contributed by atoms with Gasteiger partial charge in [-0.1, -0.05) is 37.6 Å². The Labute approximate surface area is 120 Å². The molecule has 1 aliphatic rings. The fourth-order valence-electron chi connectivity index (χ4n) is 2.41. The first kappa shape index (κ1) is 14.8. The minimum absolute atomic E-state index is 0.0893. The first-order chi connectivity index (χ1) is 9.05. The molecule has 0 bridgehead atoms. The van der Waals surface area contributed by atoms with Gasteiger partial charge >= 0.3 is 0 Å². The van der Waals surface area contributed by atoms with Gasteiger partial charge < -0.3 is 0 Å². The van der Waals surface area contributed by atoms with Gasteiger partial charge in [0.25, 0.3) is 0 Å². The number of halogens is 1. The summed E-state index contributed by atoms with van der Waals surface area (Å²) < 4.78 is 26.3. The van der Waals surface area contributed by atoms with E-state index >= 15 is 0 Å². The van der Waals surface area contributed by atoms with E-state index in [1.165, 1.54) is 0 Å². The van der Waals surface area contributed by atoms with E-state index in [1.807, 2.05) is 24.3 Å². The number of sulfonamides is 1. The van der Waals surface area contributed by atoms with Crippen LogP contribution < -0.4 is 0 Å². The third-order valence-electron chi connectivity index (χ3n) is 3.75. The van der Waals surface area contributed by atoms with Crippen LogP contribution in [0.15, 0.2) is 24.3 Å². The molecular formula is C14H20ClNO2S. The number of nitrogens with zero attached hydrogens (tertiary/aromatic N) is 1. The van der Waals surface area contributed by atoms with Gasteiger partial charge in [0.2, 0.25) is 10.0 Å². The van der Waals surface area contributed by atoms with Crippen LogP contribution in [0.2, 0.25) is 0 Å². The summed E-state index contributed by atoms with van der Waals surface area (Å²) in [5.74, 6) is 1.07. The van der Waals surface area contributed by atoms with Crippen molar-refractivity contribution < 1.29 is 8.42 Å². The number of alkyl halides is 1. The van der Waals surface area contributed by atoms with E-state index in [4.69, 9.17) is 11.6 Å². The normalized spacial score (nSPS) is 20.8. The Hall–Kier alpha value is -0.580. The van der Waals surface area contributed by atoms with Gasteiger partial charge in [-0.15, -0.1) is 11.6 Å². The zero-order chi connectivity index (χ0) is 13.9. The second-order valence-electron chi connectivity index (χ2n) is 5.13. The van der Waals surface area contributed by atoms with Gasteiger partial charge in [0.15, 0.2) is 0 Å². The number of benzene rings is 1.